The summed E-state index contributed by atoms with van der Waals surface area (Å²) in [4.78, 5) is 15.2. The maximum Gasteiger partial charge on any atom is 0.269 e. The van der Waals surface area contributed by atoms with Crippen molar-refractivity contribution in [2.24, 2.45) is 5.73 Å². The van der Waals surface area contributed by atoms with Gasteiger partial charge in [0.25, 0.3) is 5.91 Å². The van der Waals surface area contributed by atoms with Gasteiger partial charge in [-0.3, -0.25) is 4.79 Å². The van der Waals surface area contributed by atoms with Crippen molar-refractivity contribution in [1.82, 2.24) is 4.98 Å². The fraction of sp³-hybridized carbons (Fsp3) is 0. The average Bonchev–Trinajstić information content (AvgIpc) is 2.30. The van der Waals surface area contributed by atoms with Crippen molar-refractivity contribution in [2.45, 2.75) is 0 Å². The molecule has 0 saturated heterocycles. The number of carbonyl (C=O) groups is 1. The number of rotatable bonds is 2. The molecule has 86 valence electrons. The first-order valence-electron chi connectivity index (χ1n) is 4.90. The van der Waals surface area contributed by atoms with Gasteiger partial charge in [0.05, 0.1) is 11.4 Å². The van der Waals surface area contributed by atoms with Gasteiger partial charge in [0, 0.05) is 10.6 Å². The number of hydrogen-bond donors (Lipinski definition) is 2. The summed E-state index contributed by atoms with van der Waals surface area (Å²) >= 11 is 5.79. The molecule has 0 aliphatic rings. The number of anilines is 1. The summed E-state index contributed by atoms with van der Waals surface area (Å²) in [6, 6.07) is 10.5. The van der Waals surface area contributed by atoms with Crippen LogP contribution in [0.25, 0.3) is 11.3 Å². The number of benzene rings is 1. The molecule has 1 heterocycles. The van der Waals surface area contributed by atoms with Crippen LogP contribution in [0.3, 0.4) is 0 Å². The maximum absolute atomic E-state index is 11.1. The van der Waals surface area contributed by atoms with E-state index < -0.39 is 5.91 Å². The highest BCUT2D eigenvalue weighted by atomic mass is 35.5. The lowest BCUT2D eigenvalue weighted by atomic mass is 10.1. The Morgan fingerprint density at radius 1 is 1.12 bits per heavy atom. The number of nitrogens with two attached hydrogens (primary N) is 2. The van der Waals surface area contributed by atoms with Gasteiger partial charge in [0.2, 0.25) is 0 Å². The fourth-order valence-corrected chi connectivity index (χ4v) is 1.57. The molecular weight excluding hydrogens is 238 g/mol. The third-order valence-electron chi connectivity index (χ3n) is 2.30. The van der Waals surface area contributed by atoms with Gasteiger partial charge in [-0.15, -0.1) is 0 Å². The zero-order valence-electron chi connectivity index (χ0n) is 8.85. The third-order valence-corrected chi connectivity index (χ3v) is 2.55. The van der Waals surface area contributed by atoms with Crippen LogP contribution in [-0.2, 0) is 0 Å². The average molecular weight is 248 g/mol. The van der Waals surface area contributed by atoms with E-state index >= 15 is 0 Å². The van der Waals surface area contributed by atoms with Crippen molar-refractivity contribution < 1.29 is 4.79 Å². The molecular formula is C12H10ClN3O. The zero-order valence-corrected chi connectivity index (χ0v) is 9.61. The number of hydrogen-bond acceptors (Lipinski definition) is 3. The lowest BCUT2D eigenvalue weighted by Gasteiger charge is -2.05. The van der Waals surface area contributed by atoms with Crippen molar-refractivity contribution in [2.75, 3.05) is 5.73 Å². The minimum absolute atomic E-state index is 0.0810. The van der Waals surface area contributed by atoms with Crippen LogP contribution < -0.4 is 11.5 Å². The Morgan fingerprint density at radius 3 is 2.35 bits per heavy atom. The predicted molar refractivity (Wildman–Crippen MR) is 67.6 cm³/mol. The van der Waals surface area contributed by atoms with Crippen molar-refractivity contribution >= 4 is 23.2 Å². The summed E-state index contributed by atoms with van der Waals surface area (Å²) in [5.74, 6) is -0.640. The second-order valence-electron chi connectivity index (χ2n) is 3.51. The number of primary amides is 1. The van der Waals surface area contributed by atoms with Crippen LogP contribution in [0.15, 0.2) is 36.4 Å². The lowest BCUT2D eigenvalue weighted by Crippen LogP contribution is -2.15. The van der Waals surface area contributed by atoms with Gasteiger partial charge in [0.1, 0.15) is 0 Å². The molecule has 4 N–H and O–H groups in total. The smallest absolute Gasteiger partial charge is 0.269 e. The van der Waals surface area contributed by atoms with Crippen LogP contribution in [0.5, 0.6) is 0 Å². The number of aromatic nitrogens is 1. The molecule has 2 rings (SSSR count). The molecule has 17 heavy (non-hydrogen) atoms. The summed E-state index contributed by atoms with van der Waals surface area (Å²) < 4.78 is 0. The fourth-order valence-electron chi connectivity index (χ4n) is 1.45. The van der Waals surface area contributed by atoms with Gasteiger partial charge in [-0.1, -0.05) is 23.7 Å². The number of carbonyl (C=O) groups excluding carboxylic acids is 1. The Hall–Kier alpha value is -2.07. The van der Waals surface area contributed by atoms with E-state index in [-0.39, 0.29) is 11.4 Å². The number of amides is 1. The van der Waals surface area contributed by atoms with E-state index in [1.165, 1.54) is 0 Å². The molecule has 0 bridgehead atoms. The molecule has 0 atom stereocenters. The monoisotopic (exact) mass is 247 g/mol. The van der Waals surface area contributed by atoms with Gasteiger partial charge < -0.3 is 11.5 Å². The highest BCUT2D eigenvalue weighted by Gasteiger charge is 2.09. The maximum atomic E-state index is 11.1. The first kappa shape index (κ1) is 11.4. The molecule has 0 fully saturated rings. The first-order valence-corrected chi connectivity index (χ1v) is 5.28. The molecule has 1 aromatic carbocycles. The molecule has 2 aromatic rings. The number of nitrogen functional groups attached to an aromatic ring is 1. The van der Waals surface area contributed by atoms with Crippen LogP contribution in [0.1, 0.15) is 10.5 Å². The van der Waals surface area contributed by atoms with Gasteiger partial charge in [-0.25, -0.2) is 4.98 Å². The standard InChI is InChI=1S/C12H10ClN3O/c13-8-3-1-7(2-4-8)10-6-5-9(14)11(16-10)12(15)17/h1-6H,14H2,(H2,15,17). The van der Waals surface area contributed by atoms with Gasteiger partial charge in [0.15, 0.2) is 5.69 Å². The summed E-state index contributed by atoms with van der Waals surface area (Å²) in [5.41, 5.74) is 12.6. The molecule has 0 aliphatic carbocycles. The minimum atomic E-state index is -0.640. The Balaban J connectivity index is 2.50. The molecule has 0 radical (unpaired) electrons. The molecule has 1 aromatic heterocycles. The lowest BCUT2D eigenvalue weighted by molar-refractivity contribution is 0.0996. The van der Waals surface area contributed by atoms with Gasteiger partial charge in [-0.05, 0) is 24.3 Å². The van der Waals surface area contributed by atoms with Gasteiger partial charge >= 0.3 is 0 Å². The van der Waals surface area contributed by atoms with Crippen molar-refractivity contribution in [3.05, 3.63) is 47.1 Å². The van der Waals surface area contributed by atoms with E-state index in [2.05, 4.69) is 4.98 Å². The van der Waals surface area contributed by atoms with E-state index in [0.717, 1.165) is 5.56 Å². The molecule has 0 unspecified atom stereocenters. The normalized spacial score (nSPS) is 10.2. The van der Waals surface area contributed by atoms with Crippen LogP contribution in [0.2, 0.25) is 5.02 Å². The molecule has 0 saturated carbocycles. The van der Waals surface area contributed by atoms with E-state index in [4.69, 9.17) is 23.1 Å². The van der Waals surface area contributed by atoms with E-state index in [0.29, 0.717) is 10.7 Å². The highest BCUT2D eigenvalue weighted by molar-refractivity contribution is 6.30. The second-order valence-corrected chi connectivity index (χ2v) is 3.94. The Bertz CT molecular complexity index is 566. The largest absolute Gasteiger partial charge is 0.397 e. The molecule has 5 heteroatoms. The summed E-state index contributed by atoms with van der Waals surface area (Å²) in [7, 11) is 0. The molecule has 0 aliphatic heterocycles. The minimum Gasteiger partial charge on any atom is -0.397 e. The summed E-state index contributed by atoms with van der Waals surface area (Å²) in [6.07, 6.45) is 0. The van der Waals surface area contributed by atoms with Crippen molar-refractivity contribution in [1.29, 1.82) is 0 Å². The van der Waals surface area contributed by atoms with E-state index in [1.54, 1.807) is 24.3 Å². The number of pyridine rings is 1. The number of nitrogens with zero attached hydrogens (tertiary/aromatic N) is 1. The molecule has 1 amide bonds. The summed E-state index contributed by atoms with van der Waals surface area (Å²) in [5, 5.41) is 0.638. The number of halogens is 1. The van der Waals surface area contributed by atoms with Gasteiger partial charge in [-0.2, -0.15) is 0 Å². The Morgan fingerprint density at radius 2 is 1.76 bits per heavy atom. The van der Waals surface area contributed by atoms with E-state index in [1.807, 2.05) is 12.1 Å². The van der Waals surface area contributed by atoms with E-state index in [9.17, 15) is 4.79 Å². The van der Waals surface area contributed by atoms with Crippen molar-refractivity contribution in [3.8, 4) is 11.3 Å². The third kappa shape index (κ3) is 2.37. The molecule has 0 spiro atoms. The Labute approximate surface area is 103 Å². The first-order chi connectivity index (χ1) is 8.08. The van der Waals surface area contributed by atoms with Crippen LogP contribution in [-0.4, -0.2) is 10.9 Å². The van der Waals surface area contributed by atoms with Crippen molar-refractivity contribution in [3.63, 3.8) is 0 Å². The highest BCUT2D eigenvalue weighted by Crippen LogP contribution is 2.21. The predicted octanol–water partition coefficient (Wildman–Crippen LogP) is 2.08. The SMILES string of the molecule is NC(=O)c1nc(-c2ccc(Cl)cc2)ccc1N. The van der Waals surface area contributed by atoms with Crippen LogP contribution in [0, 0.1) is 0 Å². The molecule has 4 nitrogen and oxygen atoms in total. The second kappa shape index (κ2) is 4.43. The zero-order chi connectivity index (χ0) is 12.4. The van der Waals surface area contributed by atoms with Crippen LogP contribution >= 0.6 is 11.6 Å². The summed E-state index contributed by atoms with van der Waals surface area (Å²) in [6.45, 7) is 0. The van der Waals surface area contributed by atoms with Crippen LogP contribution in [0.4, 0.5) is 5.69 Å². The Kier molecular flexibility index (Phi) is 2.97. The quantitative estimate of drug-likeness (QED) is 0.852. The topological polar surface area (TPSA) is 82.0 Å².